The third-order valence-electron chi connectivity index (χ3n) is 4.45. The molecule has 0 N–H and O–H groups in total. The molecule has 0 atom stereocenters. The van der Waals surface area contributed by atoms with Gasteiger partial charge in [0.05, 0.1) is 21.6 Å². The number of allylic oxidation sites excluding steroid dienone is 1. The normalized spacial score (nSPS) is 11.0. The van der Waals surface area contributed by atoms with Crippen molar-refractivity contribution in [1.82, 2.24) is 4.57 Å². The molecule has 0 unspecified atom stereocenters. The van der Waals surface area contributed by atoms with Gasteiger partial charge in [0.1, 0.15) is 17.6 Å². The number of hydrogen-bond acceptors (Lipinski definition) is 5. The molecule has 2 aromatic heterocycles. The molecule has 0 aliphatic carbocycles. The molecule has 0 amide bonds. The fourth-order valence-corrected chi connectivity index (χ4v) is 3.11. The summed E-state index contributed by atoms with van der Waals surface area (Å²) in [6, 6.07) is 18.8. The Bertz CT molecular complexity index is 1320. The first kappa shape index (κ1) is 17.9. The Kier molecular flexibility index (Phi) is 4.51. The zero-order valence-electron chi connectivity index (χ0n) is 15.0. The van der Waals surface area contributed by atoms with Gasteiger partial charge in [0.25, 0.3) is 11.6 Å². The van der Waals surface area contributed by atoms with E-state index in [0.717, 1.165) is 0 Å². The lowest BCUT2D eigenvalue weighted by Gasteiger charge is -1.99. The first-order valence-electron chi connectivity index (χ1n) is 8.64. The molecule has 0 aliphatic heterocycles. The highest BCUT2D eigenvalue weighted by Gasteiger charge is 2.17. The summed E-state index contributed by atoms with van der Waals surface area (Å²) in [7, 11) is 0. The number of rotatable bonds is 4. The van der Waals surface area contributed by atoms with E-state index < -0.39 is 4.92 Å². The lowest BCUT2D eigenvalue weighted by Crippen LogP contribution is -2.04. The number of nitriles is 1. The lowest BCUT2D eigenvalue weighted by atomic mass is 10.1. The average molecular weight is 383 g/mol. The van der Waals surface area contributed by atoms with Crippen LogP contribution < -0.4 is 0 Å². The predicted molar refractivity (Wildman–Crippen MR) is 107 cm³/mol. The van der Waals surface area contributed by atoms with Crippen LogP contribution in [0, 0.1) is 21.4 Å². The standard InChI is InChI=1S/C22H13N3O4/c23-13-15-14-24(19-7-3-1-5-17(15)19)22(26)12-10-16-9-11-21(29-16)18-6-2-4-8-20(18)25(27)28/h1-12,14H/b12-10+. The summed E-state index contributed by atoms with van der Waals surface area (Å²) in [4.78, 5) is 23.3. The van der Waals surface area contributed by atoms with Crippen LogP contribution in [0.5, 0.6) is 0 Å². The average Bonchev–Trinajstić information content (AvgIpc) is 3.37. The molecule has 0 aliphatic rings. The van der Waals surface area contributed by atoms with E-state index >= 15 is 0 Å². The van der Waals surface area contributed by atoms with Crippen LogP contribution in [0.4, 0.5) is 5.69 Å². The van der Waals surface area contributed by atoms with Crippen molar-refractivity contribution in [3.05, 3.63) is 94.4 Å². The van der Waals surface area contributed by atoms with Crippen molar-refractivity contribution in [3.63, 3.8) is 0 Å². The monoisotopic (exact) mass is 383 g/mol. The van der Waals surface area contributed by atoms with E-state index in [2.05, 4.69) is 6.07 Å². The number of carbonyl (C=O) groups excluding carboxylic acids is 1. The quantitative estimate of drug-likeness (QED) is 0.279. The van der Waals surface area contributed by atoms with Crippen LogP contribution in [0.25, 0.3) is 28.3 Å². The SMILES string of the molecule is N#Cc1cn(C(=O)/C=C/c2ccc(-c3ccccc3[N+](=O)[O-])o2)c2ccccc12. The molecule has 4 aromatic rings. The van der Waals surface area contributed by atoms with E-state index in [1.54, 1.807) is 54.6 Å². The highest BCUT2D eigenvalue weighted by atomic mass is 16.6. The lowest BCUT2D eigenvalue weighted by molar-refractivity contribution is -0.384. The number of nitrogens with zero attached hydrogens (tertiary/aromatic N) is 3. The van der Waals surface area contributed by atoms with Gasteiger partial charge in [0, 0.05) is 23.7 Å². The van der Waals surface area contributed by atoms with E-state index in [9.17, 15) is 20.2 Å². The molecule has 0 saturated carbocycles. The van der Waals surface area contributed by atoms with Gasteiger partial charge >= 0.3 is 0 Å². The minimum Gasteiger partial charge on any atom is -0.456 e. The Morgan fingerprint density at radius 2 is 1.86 bits per heavy atom. The summed E-state index contributed by atoms with van der Waals surface area (Å²) in [6.07, 6.45) is 4.31. The van der Waals surface area contributed by atoms with Crippen LogP contribution in [0.2, 0.25) is 0 Å². The predicted octanol–water partition coefficient (Wildman–Crippen LogP) is 5.03. The number of nitro groups is 1. The molecular weight excluding hydrogens is 370 g/mol. The molecule has 29 heavy (non-hydrogen) atoms. The molecule has 7 nitrogen and oxygen atoms in total. The number of fused-ring (bicyclic) bond motifs is 1. The third-order valence-corrected chi connectivity index (χ3v) is 4.45. The number of nitro benzene ring substituents is 1. The Morgan fingerprint density at radius 1 is 1.10 bits per heavy atom. The fourth-order valence-electron chi connectivity index (χ4n) is 3.11. The summed E-state index contributed by atoms with van der Waals surface area (Å²) < 4.78 is 7.05. The Morgan fingerprint density at radius 3 is 2.66 bits per heavy atom. The topological polar surface area (TPSA) is 102 Å². The molecule has 7 heteroatoms. The molecule has 4 rings (SSSR count). The number of para-hydroxylation sites is 2. The Balaban J connectivity index is 1.63. The van der Waals surface area contributed by atoms with Crippen LogP contribution in [-0.2, 0) is 0 Å². The number of carbonyl (C=O) groups is 1. The first-order chi connectivity index (χ1) is 14.1. The van der Waals surface area contributed by atoms with Crippen molar-refractivity contribution < 1.29 is 14.1 Å². The van der Waals surface area contributed by atoms with Gasteiger partial charge in [-0.1, -0.05) is 30.3 Å². The molecule has 0 spiro atoms. The van der Waals surface area contributed by atoms with Crippen LogP contribution in [0.15, 0.2) is 77.4 Å². The number of furan rings is 1. The second-order valence-electron chi connectivity index (χ2n) is 6.19. The largest absolute Gasteiger partial charge is 0.456 e. The van der Waals surface area contributed by atoms with Crippen LogP contribution in [0.1, 0.15) is 16.1 Å². The molecular formula is C22H13N3O4. The number of benzene rings is 2. The Labute approximate surface area is 164 Å². The van der Waals surface area contributed by atoms with Gasteiger partial charge in [-0.25, -0.2) is 0 Å². The number of hydrogen-bond donors (Lipinski definition) is 0. The molecule has 140 valence electrons. The maximum absolute atomic E-state index is 12.6. The van der Waals surface area contributed by atoms with Gasteiger partial charge in [-0.3, -0.25) is 19.5 Å². The second-order valence-corrected chi connectivity index (χ2v) is 6.19. The molecule has 2 aromatic carbocycles. The maximum atomic E-state index is 12.6. The first-order valence-corrected chi connectivity index (χ1v) is 8.64. The molecule has 0 fully saturated rings. The van der Waals surface area contributed by atoms with Crippen molar-refractivity contribution in [2.45, 2.75) is 0 Å². The van der Waals surface area contributed by atoms with Crippen LogP contribution >= 0.6 is 0 Å². The van der Waals surface area contributed by atoms with E-state index in [1.807, 2.05) is 0 Å². The van der Waals surface area contributed by atoms with Crippen molar-refractivity contribution >= 4 is 28.6 Å². The molecule has 0 saturated heterocycles. The van der Waals surface area contributed by atoms with Crippen molar-refractivity contribution in [2.24, 2.45) is 0 Å². The molecule has 2 heterocycles. The second kappa shape index (κ2) is 7.29. The van der Waals surface area contributed by atoms with E-state index in [1.165, 1.54) is 29.0 Å². The van der Waals surface area contributed by atoms with E-state index in [0.29, 0.717) is 33.6 Å². The zero-order valence-corrected chi connectivity index (χ0v) is 15.0. The van der Waals surface area contributed by atoms with Crippen molar-refractivity contribution in [2.75, 3.05) is 0 Å². The van der Waals surface area contributed by atoms with Gasteiger partial charge in [0.15, 0.2) is 0 Å². The van der Waals surface area contributed by atoms with Crippen LogP contribution in [0.3, 0.4) is 0 Å². The summed E-state index contributed by atoms with van der Waals surface area (Å²) in [5.41, 5.74) is 1.35. The van der Waals surface area contributed by atoms with Crippen molar-refractivity contribution in [3.8, 4) is 17.4 Å². The highest BCUT2D eigenvalue weighted by molar-refractivity contribution is 6.01. The van der Waals surface area contributed by atoms with Gasteiger partial charge < -0.3 is 4.42 Å². The van der Waals surface area contributed by atoms with E-state index in [-0.39, 0.29) is 11.6 Å². The van der Waals surface area contributed by atoms with Gasteiger partial charge in [-0.15, -0.1) is 0 Å². The number of aromatic nitrogens is 1. The van der Waals surface area contributed by atoms with Gasteiger partial charge in [0.2, 0.25) is 0 Å². The van der Waals surface area contributed by atoms with Gasteiger partial charge in [-0.2, -0.15) is 5.26 Å². The Hall–Kier alpha value is -4.44. The summed E-state index contributed by atoms with van der Waals surface area (Å²) in [6.45, 7) is 0. The minimum atomic E-state index is -0.471. The van der Waals surface area contributed by atoms with Gasteiger partial charge in [-0.05, 0) is 30.3 Å². The molecule has 0 radical (unpaired) electrons. The molecule has 0 bridgehead atoms. The zero-order chi connectivity index (χ0) is 20.4. The van der Waals surface area contributed by atoms with Crippen molar-refractivity contribution in [1.29, 1.82) is 5.26 Å². The van der Waals surface area contributed by atoms with E-state index in [4.69, 9.17) is 4.42 Å². The fraction of sp³-hybridized carbons (Fsp3) is 0. The maximum Gasteiger partial charge on any atom is 0.280 e. The van der Waals surface area contributed by atoms with Crippen LogP contribution in [-0.4, -0.2) is 15.4 Å². The summed E-state index contributed by atoms with van der Waals surface area (Å²) >= 11 is 0. The summed E-state index contributed by atoms with van der Waals surface area (Å²) in [5.74, 6) is 0.373. The third kappa shape index (κ3) is 3.31. The summed E-state index contributed by atoms with van der Waals surface area (Å²) in [5, 5.41) is 21.1. The highest BCUT2D eigenvalue weighted by Crippen LogP contribution is 2.31. The smallest absolute Gasteiger partial charge is 0.280 e. The minimum absolute atomic E-state index is 0.0590.